The number of rotatable bonds is 12. The van der Waals surface area contributed by atoms with Gasteiger partial charge >= 0.3 is 0 Å². The second-order valence-corrected chi connectivity index (χ2v) is 8.51. The summed E-state index contributed by atoms with van der Waals surface area (Å²) < 4.78 is 27.1. The topological polar surface area (TPSA) is 75.3 Å². The normalized spacial score (nSPS) is 11.3. The Labute approximate surface area is 209 Å². The summed E-state index contributed by atoms with van der Waals surface area (Å²) in [6, 6.07) is 15.2. The van der Waals surface area contributed by atoms with E-state index in [9.17, 15) is 4.79 Å². The van der Waals surface area contributed by atoms with E-state index >= 15 is 0 Å². The summed E-state index contributed by atoms with van der Waals surface area (Å²) in [6.45, 7) is 0.454. The van der Waals surface area contributed by atoms with Gasteiger partial charge in [0, 0.05) is 16.3 Å². The Morgan fingerprint density at radius 2 is 1.57 bits per heavy atom. The van der Waals surface area contributed by atoms with E-state index in [1.165, 1.54) is 11.3 Å². The van der Waals surface area contributed by atoms with Crippen LogP contribution in [0.5, 0.6) is 23.0 Å². The number of terminal acetylenes is 1. The summed E-state index contributed by atoms with van der Waals surface area (Å²) in [7, 11) is 6.37. The fourth-order valence-electron chi connectivity index (χ4n) is 3.52. The van der Waals surface area contributed by atoms with Gasteiger partial charge in [-0.1, -0.05) is 12.0 Å². The molecule has 0 saturated carbocycles. The number of carbonyl (C=O) groups is 1. The molecule has 7 nitrogen and oxygen atoms in total. The molecule has 0 bridgehead atoms. The molecule has 1 unspecified atom stereocenters. The molecule has 0 aliphatic heterocycles. The highest BCUT2D eigenvalue weighted by Gasteiger charge is 2.23. The first-order chi connectivity index (χ1) is 17.0. The van der Waals surface area contributed by atoms with Gasteiger partial charge in [-0.3, -0.25) is 4.79 Å². The van der Waals surface area contributed by atoms with E-state index in [-0.39, 0.29) is 12.5 Å². The lowest BCUT2D eigenvalue weighted by Crippen LogP contribution is -2.32. The first kappa shape index (κ1) is 25.9. The quantitative estimate of drug-likeness (QED) is 0.373. The lowest BCUT2D eigenvalue weighted by molar-refractivity contribution is -0.132. The number of hydrogen-bond donors (Lipinski definition) is 1. The number of amides is 1. The van der Waals surface area contributed by atoms with E-state index in [4.69, 9.17) is 30.1 Å². The molecule has 1 N–H and O–H groups in total. The van der Waals surface area contributed by atoms with Crippen molar-refractivity contribution in [1.82, 2.24) is 5.32 Å². The lowest BCUT2D eigenvalue weighted by atomic mass is 10.1. The first-order valence-corrected chi connectivity index (χ1v) is 11.7. The van der Waals surface area contributed by atoms with E-state index in [1.807, 2.05) is 48.5 Å². The number of ether oxygens (including phenoxy) is 5. The van der Waals surface area contributed by atoms with E-state index in [2.05, 4.69) is 11.2 Å². The zero-order valence-electron chi connectivity index (χ0n) is 20.3. The molecule has 184 valence electrons. The van der Waals surface area contributed by atoms with E-state index in [1.54, 1.807) is 28.4 Å². The molecule has 35 heavy (non-hydrogen) atoms. The molecule has 0 aliphatic carbocycles. The summed E-state index contributed by atoms with van der Waals surface area (Å²) in [5.74, 6) is 4.78. The largest absolute Gasteiger partial charge is 0.493 e. The molecule has 0 radical (unpaired) electrons. The van der Waals surface area contributed by atoms with Gasteiger partial charge in [0.25, 0.3) is 5.91 Å². The molecule has 3 rings (SSSR count). The number of benzene rings is 2. The summed E-state index contributed by atoms with van der Waals surface area (Å²) in [6.07, 6.45) is 5.20. The second-order valence-electron chi connectivity index (χ2n) is 7.40. The Morgan fingerprint density at radius 3 is 2.23 bits per heavy atom. The van der Waals surface area contributed by atoms with Crippen LogP contribution in [0.25, 0.3) is 10.4 Å². The van der Waals surface area contributed by atoms with Gasteiger partial charge in [-0.05, 0) is 60.0 Å². The molecule has 1 aromatic heterocycles. The number of carbonyl (C=O) groups excluding carboxylic acids is 1. The predicted octanol–water partition coefficient (Wildman–Crippen LogP) is 4.50. The Morgan fingerprint density at radius 1 is 0.914 bits per heavy atom. The zero-order chi connectivity index (χ0) is 25.2. The van der Waals surface area contributed by atoms with Crippen LogP contribution in [0, 0.1) is 12.3 Å². The van der Waals surface area contributed by atoms with E-state index in [0.717, 1.165) is 20.9 Å². The van der Waals surface area contributed by atoms with E-state index < -0.39 is 6.10 Å². The Bertz CT molecular complexity index is 1180. The highest BCUT2D eigenvalue weighted by Crippen LogP contribution is 2.37. The molecule has 0 aliphatic rings. The van der Waals surface area contributed by atoms with Crippen LogP contribution < -0.4 is 24.3 Å². The van der Waals surface area contributed by atoms with Crippen LogP contribution in [0.3, 0.4) is 0 Å². The number of methoxy groups -OCH3 is 4. The van der Waals surface area contributed by atoms with Gasteiger partial charge in [0.1, 0.15) is 6.61 Å². The average molecular weight is 496 g/mol. The summed E-state index contributed by atoms with van der Waals surface area (Å²) in [5, 5.41) is 2.95. The van der Waals surface area contributed by atoms with Gasteiger partial charge in [0.15, 0.2) is 29.1 Å². The smallest absolute Gasteiger partial charge is 0.254 e. The Kier molecular flexibility index (Phi) is 9.41. The van der Waals surface area contributed by atoms with Crippen molar-refractivity contribution in [2.45, 2.75) is 12.5 Å². The van der Waals surface area contributed by atoms with E-state index in [0.29, 0.717) is 36.0 Å². The maximum atomic E-state index is 13.0. The van der Waals surface area contributed by atoms with Crippen LogP contribution >= 0.6 is 11.3 Å². The van der Waals surface area contributed by atoms with Crippen molar-refractivity contribution in [1.29, 1.82) is 0 Å². The van der Waals surface area contributed by atoms with Gasteiger partial charge in [0.05, 0.1) is 28.4 Å². The van der Waals surface area contributed by atoms with Gasteiger partial charge in [-0.2, -0.15) is 0 Å². The second kappa shape index (κ2) is 12.7. The third-order valence-corrected chi connectivity index (χ3v) is 6.46. The maximum absolute atomic E-state index is 13.0. The van der Waals surface area contributed by atoms with Crippen molar-refractivity contribution in [2.24, 2.45) is 0 Å². The van der Waals surface area contributed by atoms with Gasteiger partial charge in [-0.15, -0.1) is 17.8 Å². The summed E-state index contributed by atoms with van der Waals surface area (Å²) >= 11 is 1.46. The molecule has 0 fully saturated rings. The molecule has 8 heteroatoms. The van der Waals surface area contributed by atoms with Crippen molar-refractivity contribution in [3.63, 3.8) is 0 Å². The van der Waals surface area contributed by atoms with Crippen molar-refractivity contribution in [3.05, 3.63) is 59.0 Å². The number of hydrogen-bond acceptors (Lipinski definition) is 7. The van der Waals surface area contributed by atoms with Crippen LogP contribution in [0.2, 0.25) is 0 Å². The first-order valence-electron chi connectivity index (χ1n) is 10.9. The minimum absolute atomic E-state index is 0.0252. The molecular formula is C27H29NO6S. The SMILES string of the molecule is C#CCOC(C(=O)NCCc1ccc(OC)c(OC)c1)c1ccc(-c2ccc(OC)c(OC)c2)s1. The molecule has 0 spiro atoms. The third-order valence-electron chi connectivity index (χ3n) is 5.29. The minimum atomic E-state index is -0.810. The number of nitrogens with one attached hydrogen (secondary N) is 1. The van der Waals surface area contributed by atoms with Crippen LogP contribution in [0.1, 0.15) is 16.5 Å². The molecule has 3 aromatic rings. The zero-order valence-corrected chi connectivity index (χ0v) is 21.1. The lowest BCUT2D eigenvalue weighted by Gasteiger charge is -2.15. The van der Waals surface area contributed by atoms with Crippen LogP contribution in [-0.4, -0.2) is 47.5 Å². The van der Waals surface area contributed by atoms with Crippen molar-refractivity contribution in [3.8, 4) is 45.8 Å². The maximum Gasteiger partial charge on any atom is 0.254 e. The Hall–Kier alpha value is -3.67. The molecular weight excluding hydrogens is 466 g/mol. The molecule has 1 amide bonds. The van der Waals surface area contributed by atoms with Gasteiger partial charge in [0.2, 0.25) is 0 Å². The highest BCUT2D eigenvalue weighted by molar-refractivity contribution is 7.15. The van der Waals surface area contributed by atoms with Crippen molar-refractivity contribution < 1.29 is 28.5 Å². The number of thiophene rings is 1. The highest BCUT2D eigenvalue weighted by atomic mass is 32.1. The average Bonchev–Trinajstić information content (AvgIpc) is 3.38. The van der Waals surface area contributed by atoms with Crippen LogP contribution in [-0.2, 0) is 16.0 Å². The van der Waals surface area contributed by atoms with Gasteiger partial charge in [-0.25, -0.2) is 0 Å². The standard InChI is InChI=1S/C27H29NO6S/c1-6-15-34-26(27(29)28-14-13-18-7-9-20(30-2)22(16-18)32-4)25-12-11-24(35-25)19-8-10-21(31-3)23(17-19)33-5/h1,7-12,16-17,26H,13-15H2,2-5H3,(H,28,29). The monoisotopic (exact) mass is 495 g/mol. The summed E-state index contributed by atoms with van der Waals surface area (Å²) in [4.78, 5) is 14.7. The third kappa shape index (κ3) is 6.47. The van der Waals surface area contributed by atoms with Crippen molar-refractivity contribution in [2.75, 3.05) is 41.6 Å². The van der Waals surface area contributed by atoms with Crippen LogP contribution in [0.15, 0.2) is 48.5 Å². The molecule has 0 saturated heterocycles. The molecule has 1 heterocycles. The summed E-state index contributed by atoms with van der Waals surface area (Å²) in [5.41, 5.74) is 1.96. The fraction of sp³-hybridized carbons (Fsp3) is 0.296. The van der Waals surface area contributed by atoms with Crippen molar-refractivity contribution >= 4 is 17.2 Å². The van der Waals surface area contributed by atoms with Crippen LogP contribution in [0.4, 0.5) is 0 Å². The molecule has 2 aromatic carbocycles. The van der Waals surface area contributed by atoms with Gasteiger partial charge < -0.3 is 29.0 Å². The Balaban J connectivity index is 1.71. The predicted molar refractivity (Wildman–Crippen MR) is 137 cm³/mol. The molecule has 1 atom stereocenters. The minimum Gasteiger partial charge on any atom is -0.493 e. The fourth-order valence-corrected chi connectivity index (χ4v) is 4.57.